The summed E-state index contributed by atoms with van der Waals surface area (Å²) in [6, 6.07) is 8.90. The highest BCUT2D eigenvalue weighted by molar-refractivity contribution is 5.99. The molecule has 4 rings (SSSR count). The third-order valence-corrected chi connectivity index (χ3v) is 4.80. The predicted octanol–water partition coefficient (Wildman–Crippen LogP) is 1.48. The molecule has 0 fully saturated rings. The molecule has 0 saturated heterocycles. The average Bonchev–Trinajstić information content (AvgIpc) is 3.08. The van der Waals surface area contributed by atoms with Gasteiger partial charge in [0.05, 0.1) is 17.9 Å². The first-order valence-electron chi connectivity index (χ1n) is 8.93. The maximum Gasteiger partial charge on any atom is 0.255 e. The van der Waals surface area contributed by atoms with E-state index in [1.165, 1.54) is 28.1 Å². The van der Waals surface area contributed by atoms with Crippen LogP contribution in [0.25, 0.3) is 11.4 Å². The largest absolute Gasteiger partial charge is 0.348 e. The molecule has 0 amide bonds. The van der Waals surface area contributed by atoms with Crippen molar-refractivity contribution in [1.82, 2.24) is 24.4 Å². The van der Waals surface area contributed by atoms with Gasteiger partial charge in [0.2, 0.25) is 5.95 Å². The second kappa shape index (κ2) is 7.32. The monoisotopic (exact) mass is 376 g/mol. The molecule has 0 atom stereocenters. The molecule has 2 aromatic heterocycles. The lowest BCUT2D eigenvalue weighted by atomic mass is 10.0. The van der Waals surface area contributed by atoms with Crippen molar-refractivity contribution in [2.24, 2.45) is 7.05 Å². The van der Waals surface area contributed by atoms with Gasteiger partial charge < -0.3 is 5.32 Å². The predicted molar refractivity (Wildman–Crippen MR) is 105 cm³/mol. The number of carbonyl (C=O) groups excluding carboxylic acids is 1. The smallest absolute Gasteiger partial charge is 0.255 e. The Morgan fingerprint density at radius 2 is 1.93 bits per heavy atom. The Morgan fingerprint density at radius 1 is 1.11 bits per heavy atom. The summed E-state index contributed by atoms with van der Waals surface area (Å²) in [6.07, 6.45) is 2.99. The van der Waals surface area contributed by atoms with E-state index in [0.717, 1.165) is 13.1 Å². The van der Waals surface area contributed by atoms with Crippen molar-refractivity contribution >= 4 is 11.7 Å². The quantitative estimate of drug-likeness (QED) is 0.674. The normalized spacial score (nSPS) is 13.4. The van der Waals surface area contributed by atoms with E-state index in [-0.39, 0.29) is 17.9 Å². The minimum absolute atomic E-state index is 0.0438. The summed E-state index contributed by atoms with van der Waals surface area (Å²) in [6.45, 7) is 1.80. The van der Waals surface area contributed by atoms with Gasteiger partial charge in [-0.25, -0.2) is 15.0 Å². The van der Waals surface area contributed by atoms with Gasteiger partial charge >= 0.3 is 0 Å². The highest BCUT2D eigenvalue weighted by Gasteiger charge is 2.18. The first-order valence-corrected chi connectivity index (χ1v) is 8.93. The number of rotatable bonds is 5. The number of carbonyl (C=O) groups is 1. The van der Waals surface area contributed by atoms with Crippen LogP contribution in [-0.4, -0.2) is 43.8 Å². The summed E-state index contributed by atoms with van der Waals surface area (Å²) < 4.78 is 1.37. The van der Waals surface area contributed by atoms with E-state index in [1.54, 1.807) is 19.3 Å². The van der Waals surface area contributed by atoms with E-state index in [9.17, 15) is 9.59 Å². The molecular formula is C20H20N6O2. The number of nitrogens with one attached hydrogen (secondary N) is 1. The number of Topliss-reactive ketones (excluding diaryl/α,β-unsaturated/α-hetero) is 1. The van der Waals surface area contributed by atoms with Gasteiger partial charge in [0.15, 0.2) is 5.78 Å². The Labute approximate surface area is 161 Å². The zero-order valence-electron chi connectivity index (χ0n) is 15.7. The zero-order chi connectivity index (χ0) is 19.7. The minimum Gasteiger partial charge on any atom is -0.348 e. The summed E-state index contributed by atoms with van der Waals surface area (Å²) in [5, 5.41) is 2.99. The Hall–Kier alpha value is -3.39. The number of benzene rings is 1. The molecular weight excluding hydrogens is 356 g/mol. The Kier molecular flexibility index (Phi) is 4.70. The molecule has 1 aliphatic rings. The van der Waals surface area contributed by atoms with Crippen molar-refractivity contribution in [3.63, 3.8) is 0 Å². The molecule has 8 heteroatoms. The standard InChI is InChI=1S/C20H20N6O2/c1-25-10-14-4-3-13(7-15(14)11-25)18(27)9-22-20-24-17(8-19(28)26(20)2)16-5-6-21-12-23-16/h3-8,12H,9-11H2,1-2H3,(H,22,24). The molecule has 3 heterocycles. The number of ketones is 1. The van der Waals surface area contributed by atoms with Crippen LogP contribution in [0.15, 0.2) is 47.7 Å². The highest BCUT2D eigenvalue weighted by Crippen LogP contribution is 2.22. The fraction of sp³-hybridized carbons (Fsp3) is 0.250. The fourth-order valence-electron chi connectivity index (χ4n) is 3.27. The van der Waals surface area contributed by atoms with Gasteiger partial charge in [0.1, 0.15) is 6.33 Å². The highest BCUT2D eigenvalue weighted by atomic mass is 16.1. The van der Waals surface area contributed by atoms with Gasteiger partial charge in [-0.05, 0) is 30.3 Å². The van der Waals surface area contributed by atoms with Crippen LogP contribution in [0.1, 0.15) is 21.5 Å². The van der Waals surface area contributed by atoms with Crippen LogP contribution in [0, 0.1) is 0 Å². The summed E-state index contributed by atoms with van der Waals surface area (Å²) in [7, 11) is 3.66. The number of fused-ring (bicyclic) bond motifs is 1. The number of aromatic nitrogens is 4. The second-order valence-corrected chi connectivity index (χ2v) is 6.89. The van der Waals surface area contributed by atoms with E-state index in [1.807, 2.05) is 18.2 Å². The van der Waals surface area contributed by atoms with Crippen LogP contribution in [0.4, 0.5) is 5.95 Å². The molecule has 0 aliphatic carbocycles. The van der Waals surface area contributed by atoms with Gasteiger partial charge in [-0.1, -0.05) is 12.1 Å². The molecule has 142 valence electrons. The van der Waals surface area contributed by atoms with E-state index < -0.39 is 0 Å². The van der Waals surface area contributed by atoms with E-state index in [0.29, 0.717) is 22.9 Å². The minimum atomic E-state index is -0.237. The Balaban J connectivity index is 1.53. The number of hydrogen-bond donors (Lipinski definition) is 1. The van der Waals surface area contributed by atoms with E-state index in [4.69, 9.17) is 0 Å². The van der Waals surface area contributed by atoms with Crippen LogP contribution in [-0.2, 0) is 20.1 Å². The molecule has 0 radical (unpaired) electrons. The van der Waals surface area contributed by atoms with E-state index >= 15 is 0 Å². The van der Waals surface area contributed by atoms with Crippen molar-refractivity contribution in [1.29, 1.82) is 0 Å². The molecule has 0 saturated carbocycles. The second-order valence-electron chi connectivity index (χ2n) is 6.89. The van der Waals surface area contributed by atoms with Crippen LogP contribution in [0.5, 0.6) is 0 Å². The third kappa shape index (κ3) is 3.54. The average molecular weight is 376 g/mol. The lowest BCUT2D eigenvalue weighted by Gasteiger charge is -2.11. The van der Waals surface area contributed by atoms with Crippen LogP contribution < -0.4 is 10.9 Å². The Morgan fingerprint density at radius 3 is 2.71 bits per heavy atom. The molecule has 3 aromatic rings. The van der Waals surface area contributed by atoms with Crippen molar-refractivity contribution in [2.45, 2.75) is 13.1 Å². The van der Waals surface area contributed by atoms with Gasteiger partial charge in [-0.3, -0.25) is 19.1 Å². The summed E-state index contributed by atoms with van der Waals surface area (Å²) in [5.41, 5.74) is 3.83. The molecule has 28 heavy (non-hydrogen) atoms. The van der Waals surface area contributed by atoms with Crippen LogP contribution in [0.2, 0.25) is 0 Å². The maximum atomic E-state index is 12.6. The summed E-state index contributed by atoms with van der Waals surface area (Å²) >= 11 is 0. The number of anilines is 1. The first kappa shape index (κ1) is 18.0. The SMILES string of the molecule is CN1Cc2ccc(C(=O)CNc3nc(-c4ccncn4)cc(=O)n3C)cc2C1. The van der Waals surface area contributed by atoms with E-state index in [2.05, 4.69) is 32.2 Å². The molecule has 0 bridgehead atoms. The topological polar surface area (TPSA) is 93.0 Å². The van der Waals surface area contributed by atoms with Gasteiger partial charge in [0, 0.05) is 38.0 Å². The molecule has 0 unspecified atom stereocenters. The molecule has 1 N–H and O–H groups in total. The third-order valence-electron chi connectivity index (χ3n) is 4.80. The lowest BCUT2D eigenvalue weighted by Crippen LogP contribution is -2.24. The summed E-state index contributed by atoms with van der Waals surface area (Å²) in [5.74, 6) is 0.259. The summed E-state index contributed by atoms with van der Waals surface area (Å²) in [4.78, 5) is 39.5. The van der Waals surface area contributed by atoms with Gasteiger partial charge in [-0.2, -0.15) is 0 Å². The Bertz CT molecular complexity index is 1090. The first-order chi connectivity index (χ1) is 13.5. The fourth-order valence-corrected chi connectivity index (χ4v) is 3.27. The van der Waals surface area contributed by atoms with Crippen molar-refractivity contribution < 1.29 is 4.79 Å². The maximum absolute atomic E-state index is 12.6. The molecule has 8 nitrogen and oxygen atoms in total. The number of nitrogens with zero attached hydrogens (tertiary/aromatic N) is 5. The van der Waals surface area contributed by atoms with Crippen LogP contribution >= 0.6 is 0 Å². The van der Waals surface area contributed by atoms with Crippen molar-refractivity contribution in [3.8, 4) is 11.4 Å². The molecule has 1 aromatic carbocycles. The van der Waals surface area contributed by atoms with Crippen molar-refractivity contribution in [2.75, 3.05) is 18.9 Å². The number of hydrogen-bond acceptors (Lipinski definition) is 7. The zero-order valence-corrected chi connectivity index (χ0v) is 15.7. The lowest BCUT2D eigenvalue weighted by molar-refractivity contribution is 0.101. The van der Waals surface area contributed by atoms with Gasteiger partial charge in [0.25, 0.3) is 5.56 Å². The van der Waals surface area contributed by atoms with Crippen molar-refractivity contribution in [3.05, 3.63) is 69.9 Å². The molecule has 0 spiro atoms. The van der Waals surface area contributed by atoms with Crippen LogP contribution in [0.3, 0.4) is 0 Å². The molecule has 1 aliphatic heterocycles. The van der Waals surface area contributed by atoms with Gasteiger partial charge in [-0.15, -0.1) is 0 Å².